The molecular weight excluding hydrogens is 280 g/mol. The van der Waals surface area contributed by atoms with Crippen molar-refractivity contribution in [3.63, 3.8) is 0 Å². The lowest BCUT2D eigenvalue weighted by molar-refractivity contribution is 0.0484. The van der Waals surface area contributed by atoms with Crippen molar-refractivity contribution in [2.45, 2.75) is 51.9 Å². The summed E-state index contributed by atoms with van der Waals surface area (Å²) in [5, 5.41) is 11.5. The molecule has 1 aromatic rings. The van der Waals surface area contributed by atoms with Gasteiger partial charge in [0.1, 0.15) is 5.60 Å². The molecule has 1 rings (SSSR count). The second kappa shape index (κ2) is 9.06. The summed E-state index contributed by atoms with van der Waals surface area (Å²) in [5.74, 6) is 0. The largest absolute Gasteiger partial charge is 0.444 e. The highest BCUT2D eigenvalue weighted by atomic mass is 16.6. The zero-order valence-electron chi connectivity index (χ0n) is 13.5. The van der Waals surface area contributed by atoms with Crippen LogP contribution < -0.4 is 5.32 Å². The summed E-state index contributed by atoms with van der Waals surface area (Å²) < 4.78 is 10.8. The van der Waals surface area contributed by atoms with Crippen LogP contribution in [0.3, 0.4) is 0 Å². The predicted molar refractivity (Wildman–Crippen MR) is 84.1 cm³/mol. The highest BCUT2D eigenvalue weighted by Gasteiger charge is 2.19. The van der Waals surface area contributed by atoms with E-state index in [1.54, 1.807) is 20.8 Å². The topological polar surface area (TPSA) is 71.3 Å². The fraction of sp³-hybridized carbons (Fsp3) is 0.529. The van der Waals surface area contributed by atoms with Gasteiger partial charge in [-0.1, -0.05) is 30.3 Å². The Morgan fingerprint density at radius 2 is 2.00 bits per heavy atom. The van der Waals surface area contributed by atoms with E-state index in [0.717, 1.165) is 5.56 Å². The number of hydrogen-bond acceptors (Lipinski definition) is 4. The fourth-order valence-corrected chi connectivity index (χ4v) is 1.80. The fourth-order valence-electron chi connectivity index (χ4n) is 1.80. The van der Waals surface area contributed by atoms with E-state index in [1.165, 1.54) is 0 Å². The van der Waals surface area contributed by atoms with Crippen LogP contribution in [0.15, 0.2) is 30.3 Å². The van der Waals surface area contributed by atoms with Gasteiger partial charge >= 0.3 is 6.09 Å². The molecule has 1 unspecified atom stereocenters. The third-order valence-corrected chi connectivity index (χ3v) is 2.78. The van der Waals surface area contributed by atoms with Gasteiger partial charge in [0.2, 0.25) is 0 Å². The van der Waals surface area contributed by atoms with Gasteiger partial charge in [-0.2, -0.15) is 5.26 Å². The van der Waals surface area contributed by atoms with Crippen LogP contribution in [0.25, 0.3) is 0 Å². The van der Waals surface area contributed by atoms with Gasteiger partial charge in [0.25, 0.3) is 0 Å². The molecule has 1 atom stereocenters. The number of benzene rings is 1. The maximum Gasteiger partial charge on any atom is 0.407 e. The number of nitriles is 1. The van der Waals surface area contributed by atoms with Crippen molar-refractivity contribution >= 4 is 6.09 Å². The average molecular weight is 304 g/mol. The van der Waals surface area contributed by atoms with Crippen LogP contribution in [0.2, 0.25) is 0 Å². The summed E-state index contributed by atoms with van der Waals surface area (Å²) in [6, 6.07) is 11.7. The molecule has 0 saturated heterocycles. The number of nitrogens with zero attached hydrogens (tertiary/aromatic N) is 1. The van der Waals surface area contributed by atoms with Crippen molar-refractivity contribution in [3.8, 4) is 6.07 Å². The molecule has 0 fully saturated rings. The van der Waals surface area contributed by atoms with Crippen LogP contribution in [0.5, 0.6) is 0 Å². The van der Waals surface area contributed by atoms with Crippen molar-refractivity contribution in [1.29, 1.82) is 5.26 Å². The lowest BCUT2D eigenvalue weighted by atomic mass is 10.1. The number of carbonyl (C=O) groups excluding carboxylic acids is 1. The van der Waals surface area contributed by atoms with Gasteiger partial charge in [0, 0.05) is 12.6 Å². The van der Waals surface area contributed by atoms with E-state index in [4.69, 9.17) is 14.7 Å². The van der Waals surface area contributed by atoms with Crippen LogP contribution in [-0.2, 0) is 16.1 Å². The minimum atomic E-state index is -0.551. The lowest BCUT2D eigenvalue weighted by Crippen LogP contribution is -2.39. The van der Waals surface area contributed by atoms with Crippen molar-refractivity contribution in [1.82, 2.24) is 5.32 Å². The van der Waals surface area contributed by atoms with Crippen molar-refractivity contribution < 1.29 is 14.3 Å². The van der Waals surface area contributed by atoms with E-state index in [9.17, 15) is 4.79 Å². The molecular formula is C17H24N2O3. The Morgan fingerprint density at radius 1 is 1.32 bits per heavy atom. The second-order valence-electron chi connectivity index (χ2n) is 6.03. The van der Waals surface area contributed by atoms with E-state index in [1.807, 2.05) is 30.3 Å². The highest BCUT2D eigenvalue weighted by molar-refractivity contribution is 5.68. The number of nitrogens with one attached hydrogen (secondary N) is 1. The summed E-state index contributed by atoms with van der Waals surface area (Å²) in [6.45, 7) is 6.39. The van der Waals surface area contributed by atoms with E-state index >= 15 is 0 Å². The Hall–Kier alpha value is -2.06. The quantitative estimate of drug-likeness (QED) is 0.784. The summed E-state index contributed by atoms with van der Waals surface area (Å²) in [6.07, 6.45) is 0.295. The molecule has 22 heavy (non-hydrogen) atoms. The first kappa shape index (κ1) is 18.0. The average Bonchev–Trinajstić information content (AvgIpc) is 2.42. The number of carbonyl (C=O) groups is 1. The highest BCUT2D eigenvalue weighted by Crippen LogP contribution is 2.08. The van der Waals surface area contributed by atoms with Crippen LogP contribution in [0.1, 0.15) is 39.2 Å². The Balaban J connectivity index is 2.32. The Kier molecular flexibility index (Phi) is 7.41. The third kappa shape index (κ3) is 8.28. The molecule has 0 aromatic heterocycles. The first-order chi connectivity index (χ1) is 10.4. The summed E-state index contributed by atoms with van der Waals surface area (Å²) in [5.41, 5.74) is 0.546. The van der Waals surface area contributed by atoms with Crippen LogP contribution >= 0.6 is 0 Å². The zero-order chi connectivity index (χ0) is 16.4. The number of rotatable bonds is 7. The standard InChI is InChI=1S/C17H24N2O3/c1-17(2,3)22-16(20)19-15(9-11-18)10-12-21-13-14-7-5-4-6-8-14/h4-8,15H,9-10,12-13H2,1-3H3,(H,19,20). The van der Waals surface area contributed by atoms with E-state index in [0.29, 0.717) is 19.6 Å². The van der Waals surface area contributed by atoms with E-state index in [-0.39, 0.29) is 12.5 Å². The van der Waals surface area contributed by atoms with Crippen molar-refractivity contribution in [2.24, 2.45) is 0 Å². The lowest BCUT2D eigenvalue weighted by Gasteiger charge is -2.22. The molecule has 1 amide bonds. The van der Waals surface area contributed by atoms with Gasteiger partial charge in [0.15, 0.2) is 0 Å². The van der Waals surface area contributed by atoms with E-state index < -0.39 is 11.7 Å². The Labute approximate surface area is 132 Å². The number of alkyl carbamates (subject to hydrolysis) is 1. The summed E-state index contributed by atoms with van der Waals surface area (Å²) in [7, 11) is 0. The van der Waals surface area contributed by atoms with Crippen molar-refractivity contribution in [2.75, 3.05) is 6.61 Å². The molecule has 5 heteroatoms. The Morgan fingerprint density at radius 3 is 2.59 bits per heavy atom. The molecule has 120 valence electrons. The number of amides is 1. The molecule has 0 heterocycles. The van der Waals surface area contributed by atoms with Crippen LogP contribution in [-0.4, -0.2) is 24.3 Å². The first-order valence-corrected chi connectivity index (χ1v) is 7.39. The molecule has 1 aromatic carbocycles. The molecule has 0 aliphatic rings. The minimum absolute atomic E-state index is 0.230. The molecule has 5 nitrogen and oxygen atoms in total. The minimum Gasteiger partial charge on any atom is -0.444 e. The SMILES string of the molecule is CC(C)(C)OC(=O)NC(CC#N)CCOCc1ccccc1. The molecule has 0 bridgehead atoms. The summed E-state index contributed by atoms with van der Waals surface area (Å²) >= 11 is 0. The predicted octanol–water partition coefficient (Wildman–Crippen LogP) is 3.40. The zero-order valence-corrected chi connectivity index (χ0v) is 13.5. The number of ether oxygens (including phenoxy) is 2. The molecule has 1 N–H and O–H groups in total. The number of hydrogen-bond donors (Lipinski definition) is 1. The van der Waals surface area contributed by atoms with Gasteiger partial charge in [-0.15, -0.1) is 0 Å². The van der Waals surface area contributed by atoms with Gasteiger partial charge < -0.3 is 14.8 Å². The molecule has 0 radical (unpaired) electrons. The molecule has 0 aliphatic carbocycles. The van der Waals surface area contributed by atoms with Crippen LogP contribution in [0.4, 0.5) is 4.79 Å². The van der Waals surface area contributed by atoms with Gasteiger partial charge in [0.05, 0.1) is 19.1 Å². The van der Waals surface area contributed by atoms with Crippen molar-refractivity contribution in [3.05, 3.63) is 35.9 Å². The first-order valence-electron chi connectivity index (χ1n) is 7.39. The van der Waals surface area contributed by atoms with Gasteiger partial charge in [-0.3, -0.25) is 0 Å². The molecule has 0 spiro atoms. The normalized spacial score (nSPS) is 12.3. The summed E-state index contributed by atoms with van der Waals surface area (Å²) in [4.78, 5) is 11.7. The Bertz CT molecular complexity index is 489. The van der Waals surface area contributed by atoms with Gasteiger partial charge in [-0.25, -0.2) is 4.79 Å². The monoisotopic (exact) mass is 304 g/mol. The van der Waals surface area contributed by atoms with E-state index in [2.05, 4.69) is 11.4 Å². The smallest absolute Gasteiger partial charge is 0.407 e. The second-order valence-corrected chi connectivity index (χ2v) is 6.03. The maximum atomic E-state index is 11.7. The molecule has 0 aliphatic heterocycles. The molecule has 0 saturated carbocycles. The van der Waals surface area contributed by atoms with Gasteiger partial charge in [-0.05, 0) is 32.8 Å². The van der Waals surface area contributed by atoms with Crippen LogP contribution in [0, 0.1) is 11.3 Å². The maximum absolute atomic E-state index is 11.7. The third-order valence-electron chi connectivity index (χ3n) is 2.78.